The molecule has 1 heteroatoms. The van der Waals surface area contributed by atoms with Crippen molar-refractivity contribution in [1.82, 2.24) is 4.98 Å². The standard InChI is InChI=1S/C46H33N/c1-31(2)32-17-23-37(24-18-32)42-29-44-43(38-25-19-35(20-26-38)33-11-5-3-6-12-33)30-45(47-46(44)41-16-10-9-15-40(41)42)39-27-21-36(22-28-39)34-13-7-4-8-14-34/h3-30H,1H2,2H3. The Labute approximate surface area is 276 Å². The fourth-order valence-corrected chi connectivity index (χ4v) is 6.55. The van der Waals surface area contributed by atoms with E-state index in [0.717, 1.165) is 44.2 Å². The summed E-state index contributed by atoms with van der Waals surface area (Å²) in [5.74, 6) is 0. The van der Waals surface area contributed by atoms with Gasteiger partial charge in [0.2, 0.25) is 0 Å². The van der Waals surface area contributed by atoms with E-state index in [1.807, 2.05) is 6.92 Å². The second kappa shape index (κ2) is 12.0. The van der Waals surface area contributed by atoms with Gasteiger partial charge in [-0.15, -0.1) is 0 Å². The molecule has 222 valence electrons. The molecule has 0 N–H and O–H groups in total. The molecule has 0 atom stereocenters. The van der Waals surface area contributed by atoms with Crippen LogP contribution in [0, 0.1) is 0 Å². The number of pyridine rings is 1. The molecule has 0 unspecified atom stereocenters. The lowest BCUT2D eigenvalue weighted by Crippen LogP contribution is -1.94. The molecule has 0 aliphatic rings. The number of nitrogens with zero attached hydrogens (tertiary/aromatic N) is 1. The lowest BCUT2D eigenvalue weighted by atomic mass is 9.90. The second-order valence-corrected chi connectivity index (χ2v) is 12.2. The summed E-state index contributed by atoms with van der Waals surface area (Å²) in [6.07, 6.45) is 0. The zero-order valence-electron chi connectivity index (χ0n) is 26.3. The molecule has 0 bridgehead atoms. The van der Waals surface area contributed by atoms with Crippen LogP contribution in [0.2, 0.25) is 0 Å². The second-order valence-electron chi connectivity index (χ2n) is 12.2. The number of fused-ring (bicyclic) bond motifs is 3. The number of rotatable bonds is 6. The number of hydrogen-bond acceptors (Lipinski definition) is 1. The molecule has 0 amide bonds. The maximum Gasteiger partial charge on any atom is 0.0794 e. The molecular weight excluding hydrogens is 567 g/mol. The first-order valence-corrected chi connectivity index (χ1v) is 16.1. The Kier molecular flexibility index (Phi) is 7.28. The summed E-state index contributed by atoms with van der Waals surface area (Å²) >= 11 is 0. The van der Waals surface area contributed by atoms with Crippen molar-refractivity contribution in [1.29, 1.82) is 0 Å². The molecule has 1 heterocycles. The Morgan fingerprint density at radius 2 is 0.830 bits per heavy atom. The summed E-state index contributed by atoms with van der Waals surface area (Å²) < 4.78 is 0. The van der Waals surface area contributed by atoms with Crippen molar-refractivity contribution in [3.05, 3.63) is 182 Å². The Hall–Kier alpha value is -6.05. The Morgan fingerprint density at radius 1 is 0.404 bits per heavy atom. The zero-order valence-corrected chi connectivity index (χ0v) is 26.3. The molecular formula is C46H33N. The van der Waals surface area contributed by atoms with Gasteiger partial charge in [-0.05, 0) is 74.5 Å². The van der Waals surface area contributed by atoms with E-state index in [4.69, 9.17) is 4.98 Å². The number of aromatic nitrogens is 1. The summed E-state index contributed by atoms with van der Waals surface area (Å²) in [7, 11) is 0. The molecule has 8 rings (SSSR count). The van der Waals surface area contributed by atoms with Crippen LogP contribution >= 0.6 is 0 Å². The van der Waals surface area contributed by atoms with E-state index in [1.54, 1.807) is 0 Å². The maximum atomic E-state index is 5.39. The SMILES string of the molecule is C=C(C)c1ccc(-c2cc3c(-c4ccc(-c5ccccc5)cc4)cc(-c4ccc(-c5ccccc5)cc4)nc3c3ccccc23)cc1. The predicted octanol–water partition coefficient (Wildman–Crippen LogP) is 12.8. The normalized spacial score (nSPS) is 11.2. The molecule has 47 heavy (non-hydrogen) atoms. The van der Waals surface area contributed by atoms with Crippen LogP contribution in [0.4, 0.5) is 0 Å². The van der Waals surface area contributed by atoms with Gasteiger partial charge in [0.25, 0.3) is 0 Å². The monoisotopic (exact) mass is 599 g/mol. The van der Waals surface area contributed by atoms with Crippen LogP contribution in [0.3, 0.4) is 0 Å². The molecule has 8 aromatic rings. The third-order valence-corrected chi connectivity index (χ3v) is 9.10. The van der Waals surface area contributed by atoms with Crippen molar-refractivity contribution in [2.45, 2.75) is 6.92 Å². The molecule has 0 saturated heterocycles. The first-order valence-electron chi connectivity index (χ1n) is 16.1. The number of benzene rings is 7. The molecule has 0 aliphatic heterocycles. The highest BCUT2D eigenvalue weighted by molar-refractivity contribution is 6.16. The average molecular weight is 600 g/mol. The maximum absolute atomic E-state index is 5.39. The summed E-state index contributed by atoms with van der Waals surface area (Å²) in [6, 6.07) is 60.8. The van der Waals surface area contributed by atoms with Crippen molar-refractivity contribution >= 4 is 27.2 Å². The van der Waals surface area contributed by atoms with E-state index in [-0.39, 0.29) is 0 Å². The molecule has 0 saturated carbocycles. The number of allylic oxidation sites excluding steroid dienone is 1. The minimum absolute atomic E-state index is 0.961. The quantitative estimate of drug-likeness (QED) is 0.173. The largest absolute Gasteiger partial charge is 0.247 e. The summed E-state index contributed by atoms with van der Waals surface area (Å²) in [4.78, 5) is 5.39. The topological polar surface area (TPSA) is 12.9 Å². The van der Waals surface area contributed by atoms with Crippen molar-refractivity contribution in [2.24, 2.45) is 0 Å². The highest BCUT2D eigenvalue weighted by Crippen LogP contribution is 2.41. The third-order valence-electron chi connectivity index (χ3n) is 9.10. The Bertz CT molecular complexity index is 2370. The van der Waals surface area contributed by atoms with E-state index in [9.17, 15) is 0 Å². The van der Waals surface area contributed by atoms with E-state index in [0.29, 0.717) is 0 Å². The third kappa shape index (κ3) is 5.43. The molecule has 0 spiro atoms. The number of hydrogen-bond donors (Lipinski definition) is 0. The van der Waals surface area contributed by atoms with Crippen LogP contribution < -0.4 is 0 Å². The van der Waals surface area contributed by atoms with Gasteiger partial charge < -0.3 is 0 Å². The fraction of sp³-hybridized carbons (Fsp3) is 0.0217. The smallest absolute Gasteiger partial charge is 0.0794 e. The van der Waals surface area contributed by atoms with Gasteiger partial charge in [-0.1, -0.05) is 170 Å². The van der Waals surface area contributed by atoms with Gasteiger partial charge in [0.1, 0.15) is 0 Å². The minimum Gasteiger partial charge on any atom is -0.247 e. The van der Waals surface area contributed by atoms with Gasteiger partial charge in [-0.25, -0.2) is 4.98 Å². The van der Waals surface area contributed by atoms with Crippen LogP contribution in [0.25, 0.3) is 83.0 Å². The highest BCUT2D eigenvalue weighted by Gasteiger charge is 2.16. The molecule has 0 radical (unpaired) electrons. The van der Waals surface area contributed by atoms with Crippen LogP contribution in [-0.2, 0) is 0 Å². The van der Waals surface area contributed by atoms with Crippen molar-refractivity contribution in [2.75, 3.05) is 0 Å². The first-order chi connectivity index (χ1) is 23.1. The lowest BCUT2D eigenvalue weighted by molar-refractivity contribution is 1.41. The van der Waals surface area contributed by atoms with Crippen molar-refractivity contribution < 1.29 is 0 Å². The van der Waals surface area contributed by atoms with E-state index in [1.165, 1.54) is 44.3 Å². The summed E-state index contributed by atoms with van der Waals surface area (Å²) in [5.41, 5.74) is 14.8. The van der Waals surface area contributed by atoms with Crippen LogP contribution in [-0.4, -0.2) is 4.98 Å². The van der Waals surface area contributed by atoms with Gasteiger partial charge >= 0.3 is 0 Å². The van der Waals surface area contributed by atoms with Crippen LogP contribution in [0.1, 0.15) is 12.5 Å². The predicted molar refractivity (Wildman–Crippen MR) is 201 cm³/mol. The zero-order chi connectivity index (χ0) is 31.7. The highest BCUT2D eigenvalue weighted by atomic mass is 14.7. The van der Waals surface area contributed by atoms with Gasteiger partial charge in [0, 0.05) is 16.3 Å². The van der Waals surface area contributed by atoms with Gasteiger partial charge in [-0.2, -0.15) is 0 Å². The minimum atomic E-state index is 0.961. The molecule has 1 aromatic heterocycles. The average Bonchev–Trinajstić information content (AvgIpc) is 3.15. The van der Waals surface area contributed by atoms with Crippen LogP contribution in [0.15, 0.2) is 176 Å². The first kappa shape index (κ1) is 28.4. The van der Waals surface area contributed by atoms with Gasteiger partial charge in [-0.3, -0.25) is 0 Å². The Balaban J connectivity index is 1.35. The summed E-state index contributed by atoms with van der Waals surface area (Å²) in [5, 5.41) is 3.48. The Morgan fingerprint density at radius 3 is 1.38 bits per heavy atom. The van der Waals surface area contributed by atoms with Gasteiger partial charge in [0.05, 0.1) is 11.2 Å². The molecule has 0 fully saturated rings. The van der Waals surface area contributed by atoms with Gasteiger partial charge in [0.15, 0.2) is 0 Å². The van der Waals surface area contributed by atoms with Crippen LogP contribution in [0.5, 0.6) is 0 Å². The molecule has 7 aromatic carbocycles. The van der Waals surface area contributed by atoms with Crippen molar-refractivity contribution in [3.8, 4) is 55.8 Å². The van der Waals surface area contributed by atoms with E-state index in [2.05, 4.69) is 176 Å². The van der Waals surface area contributed by atoms with E-state index >= 15 is 0 Å². The van der Waals surface area contributed by atoms with E-state index < -0.39 is 0 Å². The molecule has 1 nitrogen and oxygen atoms in total. The lowest BCUT2D eigenvalue weighted by Gasteiger charge is -2.16. The van der Waals surface area contributed by atoms with Crippen molar-refractivity contribution in [3.63, 3.8) is 0 Å². The molecule has 0 aliphatic carbocycles. The fourth-order valence-electron chi connectivity index (χ4n) is 6.55. The summed E-state index contributed by atoms with van der Waals surface area (Å²) in [6.45, 7) is 6.18.